The second-order valence-corrected chi connectivity index (χ2v) is 6.25. The van der Waals surface area contributed by atoms with Gasteiger partial charge in [0, 0.05) is 17.5 Å². The number of carbonyl (C=O) groups is 1. The lowest BCUT2D eigenvalue weighted by molar-refractivity contribution is -1.14. The Kier molecular flexibility index (Phi) is 5.05. The van der Waals surface area contributed by atoms with Crippen LogP contribution in [0.15, 0.2) is 60.7 Å². The molecule has 4 heteroatoms. The molecule has 1 fully saturated rings. The van der Waals surface area contributed by atoms with Gasteiger partial charge in [0.15, 0.2) is 5.97 Å². The normalized spacial score (nSPS) is 24.3. The average Bonchev–Trinajstić information content (AvgIpc) is 2.56. The van der Waals surface area contributed by atoms with E-state index in [1.165, 1.54) is 11.1 Å². The summed E-state index contributed by atoms with van der Waals surface area (Å²) in [6.07, 6.45) is 0.526. The van der Waals surface area contributed by atoms with Crippen LogP contribution >= 0.6 is 0 Å². The minimum Gasteiger partial charge on any atom is -0.539 e. The van der Waals surface area contributed by atoms with Gasteiger partial charge in [-0.15, -0.1) is 0 Å². The van der Waals surface area contributed by atoms with E-state index in [-0.39, 0.29) is 0 Å². The molecule has 1 heterocycles. The Bertz CT molecular complexity index is 581. The minimum atomic E-state index is -0.943. The van der Waals surface area contributed by atoms with Crippen LogP contribution in [0.1, 0.15) is 17.5 Å². The van der Waals surface area contributed by atoms with Crippen molar-refractivity contribution in [1.82, 2.24) is 0 Å². The van der Waals surface area contributed by atoms with Gasteiger partial charge in [0.25, 0.3) is 6.17 Å². The molecule has 2 atom stereocenters. The van der Waals surface area contributed by atoms with Crippen molar-refractivity contribution >= 4 is 5.97 Å². The number of carbonyl (C=O) groups excluding carboxylic acids is 1. The van der Waals surface area contributed by atoms with Crippen molar-refractivity contribution in [2.75, 3.05) is 13.1 Å². The van der Waals surface area contributed by atoms with Crippen LogP contribution in [-0.4, -0.2) is 25.2 Å². The topological polar surface area (TPSA) is 49.0 Å². The molecule has 0 aliphatic carbocycles. The van der Waals surface area contributed by atoms with Gasteiger partial charge < -0.3 is 9.90 Å². The van der Waals surface area contributed by atoms with Gasteiger partial charge in [-0.3, -0.25) is 9.80 Å². The van der Waals surface area contributed by atoms with Crippen LogP contribution in [-0.2, 0) is 17.9 Å². The summed E-state index contributed by atoms with van der Waals surface area (Å²) >= 11 is 0. The largest absolute Gasteiger partial charge is 0.539 e. The summed E-state index contributed by atoms with van der Waals surface area (Å²) in [7, 11) is 0. The summed E-state index contributed by atoms with van der Waals surface area (Å²) in [5.74, 6) is -0.943. The highest BCUT2D eigenvalue weighted by Crippen LogP contribution is 1.98. The SMILES string of the molecule is O=C([O-])C1[NH+](Cc2ccccc2)CCC[NH+]1Cc1ccccc1. The van der Waals surface area contributed by atoms with Crippen LogP contribution in [0, 0.1) is 0 Å². The van der Waals surface area contributed by atoms with Crippen molar-refractivity contribution in [3.8, 4) is 0 Å². The monoisotopic (exact) mass is 311 g/mol. The Labute approximate surface area is 137 Å². The molecule has 0 bridgehead atoms. The summed E-state index contributed by atoms with van der Waals surface area (Å²) in [6, 6.07) is 20.2. The zero-order chi connectivity index (χ0) is 16.1. The summed E-state index contributed by atoms with van der Waals surface area (Å²) in [5.41, 5.74) is 2.35. The molecule has 0 aromatic heterocycles. The third kappa shape index (κ3) is 3.97. The van der Waals surface area contributed by atoms with E-state index in [9.17, 15) is 9.90 Å². The molecule has 0 spiro atoms. The molecule has 2 N–H and O–H groups in total. The van der Waals surface area contributed by atoms with Gasteiger partial charge in [0.1, 0.15) is 13.1 Å². The fraction of sp³-hybridized carbons (Fsp3) is 0.316. The van der Waals surface area contributed by atoms with Crippen LogP contribution in [0.3, 0.4) is 0 Å². The standard InChI is InChI=1S/C19H22N2O2/c22-19(23)18-20(14-16-8-3-1-4-9-16)12-7-13-21(18)15-17-10-5-2-6-11-17/h1-6,8-11,18H,7,12-15H2,(H,22,23)/p+1. The fourth-order valence-electron chi connectivity index (χ4n) is 3.55. The van der Waals surface area contributed by atoms with Crippen LogP contribution in [0.25, 0.3) is 0 Å². The predicted octanol–water partition coefficient (Wildman–Crippen LogP) is -1.36. The molecule has 0 radical (unpaired) electrons. The molecule has 120 valence electrons. The van der Waals surface area contributed by atoms with E-state index >= 15 is 0 Å². The first-order valence-electron chi connectivity index (χ1n) is 8.22. The molecule has 2 aromatic carbocycles. The fourth-order valence-corrected chi connectivity index (χ4v) is 3.55. The molecule has 0 amide bonds. The predicted molar refractivity (Wildman–Crippen MR) is 85.4 cm³/mol. The first-order valence-corrected chi connectivity index (χ1v) is 8.22. The van der Waals surface area contributed by atoms with Crippen molar-refractivity contribution < 1.29 is 19.7 Å². The summed E-state index contributed by atoms with van der Waals surface area (Å²) in [6.45, 7) is 3.23. The van der Waals surface area contributed by atoms with Crippen molar-refractivity contribution in [3.05, 3.63) is 71.8 Å². The zero-order valence-electron chi connectivity index (χ0n) is 13.2. The molecule has 1 saturated heterocycles. The van der Waals surface area contributed by atoms with Gasteiger partial charge >= 0.3 is 0 Å². The first-order chi connectivity index (χ1) is 11.2. The number of nitrogens with one attached hydrogen (secondary N) is 2. The molecule has 1 aliphatic rings. The van der Waals surface area contributed by atoms with Gasteiger partial charge in [-0.05, 0) is 0 Å². The van der Waals surface area contributed by atoms with Gasteiger partial charge in [0.05, 0.1) is 13.1 Å². The van der Waals surface area contributed by atoms with E-state index in [0.717, 1.165) is 42.4 Å². The number of quaternary nitrogens is 2. The highest BCUT2D eigenvalue weighted by atomic mass is 16.4. The first kappa shape index (κ1) is 15.7. The van der Waals surface area contributed by atoms with Gasteiger partial charge in [-0.2, -0.15) is 0 Å². The van der Waals surface area contributed by atoms with Gasteiger partial charge in [-0.25, -0.2) is 0 Å². The lowest BCUT2D eigenvalue weighted by atomic mass is 10.1. The van der Waals surface area contributed by atoms with Crippen LogP contribution < -0.4 is 14.9 Å². The lowest BCUT2D eigenvalue weighted by Crippen LogP contribution is -3.38. The number of rotatable bonds is 5. The second kappa shape index (κ2) is 7.40. The third-order valence-electron chi connectivity index (χ3n) is 4.60. The Hall–Kier alpha value is -2.17. The Balaban J connectivity index is 1.76. The maximum atomic E-state index is 11.8. The minimum absolute atomic E-state index is 0.510. The van der Waals surface area contributed by atoms with E-state index in [2.05, 4.69) is 24.3 Å². The third-order valence-corrected chi connectivity index (χ3v) is 4.60. The van der Waals surface area contributed by atoms with Crippen LogP contribution in [0.2, 0.25) is 0 Å². The van der Waals surface area contributed by atoms with Crippen LogP contribution in [0.4, 0.5) is 0 Å². The van der Waals surface area contributed by atoms with Gasteiger partial charge in [-0.1, -0.05) is 60.7 Å². The number of aliphatic carboxylic acids is 1. The smallest absolute Gasteiger partial charge is 0.255 e. The number of hydrogen-bond donors (Lipinski definition) is 2. The van der Waals surface area contributed by atoms with E-state index in [0.29, 0.717) is 0 Å². The van der Waals surface area contributed by atoms with E-state index in [4.69, 9.17) is 0 Å². The molecule has 4 nitrogen and oxygen atoms in total. The second-order valence-electron chi connectivity index (χ2n) is 6.25. The lowest BCUT2D eigenvalue weighted by Gasteiger charge is -2.38. The summed E-state index contributed by atoms with van der Waals surface area (Å²) < 4.78 is 0. The highest BCUT2D eigenvalue weighted by molar-refractivity contribution is 5.67. The molecule has 23 heavy (non-hydrogen) atoms. The molecule has 1 aliphatic heterocycles. The number of carboxylic acid groups (broad SMARTS) is 1. The maximum absolute atomic E-state index is 11.8. The zero-order valence-corrected chi connectivity index (χ0v) is 13.2. The van der Waals surface area contributed by atoms with Crippen molar-refractivity contribution in [2.45, 2.75) is 25.7 Å². The molecular formula is C19H23N2O2+. The Morgan fingerprint density at radius 2 is 1.30 bits per heavy atom. The molecule has 3 rings (SSSR count). The van der Waals surface area contributed by atoms with Crippen molar-refractivity contribution in [1.29, 1.82) is 0 Å². The number of carboxylic acids is 1. The Morgan fingerprint density at radius 3 is 1.70 bits per heavy atom. The van der Waals surface area contributed by atoms with E-state index < -0.39 is 12.1 Å². The molecular weight excluding hydrogens is 288 g/mol. The maximum Gasteiger partial charge on any atom is 0.255 e. The number of hydrogen-bond acceptors (Lipinski definition) is 2. The van der Waals surface area contributed by atoms with Crippen molar-refractivity contribution in [2.24, 2.45) is 0 Å². The average molecular weight is 311 g/mol. The molecule has 2 aromatic rings. The molecule has 0 saturated carbocycles. The summed E-state index contributed by atoms with van der Waals surface area (Å²) in [5, 5.41) is 11.8. The Morgan fingerprint density at radius 1 is 0.870 bits per heavy atom. The molecule has 2 unspecified atom stereocenters. The van der Waals surface area contributed by atoms with E-state index in [1.807, 2.05) is 36.4 Å². The van der Waals surface area contributed by atoms with Crippen LogP contribution in [0.5, 0.6) is 0 Å². The quantitative estimate of drug-likeness (QED) is 0.716. The summed E-state index contributed by atoms with van der Waals surface area (Å²) in [4.78, 5) is 14.0. The van der Waals surface area contributed by atoms with Crippen molar-refractivity contribution in [3.63, 3.8) is 0 Å². The number of benzene rings is 2. The van der Waals surface area contributed by atoms with E-state index in [1.54, 1.807) is 0 Å². The van der Waals surface area contributed by atoms with Gasteiger partial charge in [0.2, 0.25) is 0 Å². The highest BCUT2D eigenvalue weighted by Gasteiger charge is 2.37.